The number of carbonyl (C=O) groups excluding carboxylic acids is 1. The zero-order valence-electron chi connectivity index (χ0n) is 3.98. The molecule has 0 aromatic rings. The first-order valence-corrected chi connectivity index (χ1v) is 1.95. The lowest BCUT2D eigenvalue weighted by Gasteiger charge is -1.77. The van der Waals surface area contributed by atoms with Crippen molar-refractivity contribution in [1.29, 1.82) is 5.41 Å². The minimum absolute atomic E-state index is 0.199. The zero-order chi connectivity index (χ0) is 5.70. The van der Waals surface area contributed by atoms with Crippen molar-refractivity contribution in [2.24, 2.45) is 0 Å². The molecule has 0 radical (unpaired) electrons. The zero-order valence-corrected chi connectivity index (χ0v) is 3.98. The van der Waals surface area contributed by atoms with Crippen molar-refractivity contribution in [2.45, 2.75) is 6.42 Å². The summed E-state index contributed by atoms with van der Waals surface area (Å²) in [5.41, 5.74) is 0. The fourth-order valence-corrected chi connectivity index (χ4v) is 0.201. The summed E-state index contributed by atoms with van der Waals surface area (Å²) < 4.78 is 0. The summed E-state index contributed by atoms with van der Waals surface area (Å²) in [5, 5.41) is 6.39. The predicted molar refractivity (Wildman–Crippen MR) is 28.6 cm³/mol. The molecule has 0 aliphatic heterocycles. The Morgan fingerprint density at radius 3 is 2.57 bits per heavy atom. The van der Waals surface area contributed by atoms with E-state index >= 15 is 0 Å². The quantitative estimate of drug-likeness (QED) is 0.410. The Morgan fingerprint density at radius 1 is 1.86 bits per heavy atom. The van der Waals surface area contributed by atoms with Gasteiger partial charge in [0.05, 0.1) is 6.21 Å². The minimum atomic E-state index is -0.199. The number of ketones is 1. The summed E-state index contributed by atoms with van der Waals surface area (Å²) in [6.45, 7) is 3.32. The molecule has 0 aliphatic carbocycles. The van der Waals surface area contributed by atoms with Crippen LogP contribution in [0.25, 0.3) is 0 Å². The molecular formula is C5H7NO. The number of allylic oxidation sites excluding steroid dienone is 1. The minimum Gasteiger partial charge on any atom is -0.305 e. The predicted octanol–water partition coefficient (Wildman–Crippen LogP) is 0.781. The van der Waals surface area contributed by atoms with E-state index in [1.807, 2.05) is 0 Å². The molecule has 1 N–H and O–H groups in total. The molecule has 2 heteroatoms. The molecule has 0 fully saturated rings. The molecule has 0 heterocycles. The van der Waals surface area contributed by atoms with E-state index in [0.29, 0.717) is 0 Å². The summed E-state index contributed by atoms with van der Waals surface area (Å²) in [4.78, 5) is 10.1. The highest BCUT2D eigenvalue weighted by Gasteiger charge is 1.86. The number of Topliss-reactive ketones (excluding diaryl/α,β-unsaturated/α-hetero) is 1. The summed E-state index contributed by atoms with van der Waals surface area (Å²) in [5.74, 6) is -0.199. The third kappa shape index (κ3) is 2.89. The van der Waals surface area contributed by atoms with Gasteiger partial charge in [-0.05, 0) is 0 Å². The molecular weight excluding hydrogens is 90.1 g/mol. The second kappa shape index (κ2) is 3.28. The first kappa shape index (κ1) is 6.08. The van der Waals surface area contributed by atoms with Crippen molar-refractivity contribution < 1.29 is 4.79 Å². The normalized spacial score (nSPS) is 7.43. The van der Waals surface area contributed by atoms with Crippen LogP contribution in [0.2, 0.25) is 0 Å². The molecule has 0 unspecified atom stereocenters. The number of nitrogens with one attached hydrogen (secondary N) is 1. The molecule has 0 saturated carbocycles. The van der Waals surface area contributed by atoms with Gasteiger partial charge >= 0.3 is 0 Å². The molecule has 0 saturated heterocycles. The highest BCUT2D eigenvalue weighted by atomic mass is 16.1. The van der Waals surface area contributed by atoms with Crippen LogP contribution in [0.4, 0.5) is 0 Å². The average molecular weight is 97.1 g/mol. The van der Waals surface area contributed by atoms with Crippen LogP contribution in [0.1, 0.15) is 6.42 Å². The lowest BCUT2D eigenvalue weighted by molar-refractivity contribution is -0.111. The van der Waals surface area contributed by atoms with Crippen molar-refractivity contribution in [3.63, 3.8) is 0 Å². The second-order valence-electron chi connectivity index (χ2n) is 1.10. The van der Waals surface area contributed by atoms with Crippen LogP contribution in [0.15, 0.2) is 12.7 Å². The maximum atomic E-state index is 10.1. The SMILES string of the molecule is C=CCC(=O)C=N. The summed E-state index contributed by atoms with van der Waals surface area (Å²) in [6.07, 6.45) is 2.55. The van der Waals surface area contributed by atoms with E-state index < -0.39 is 0 Å². The summed E-state index contributed by atoms with van der Waals surface area (Å²) in [6, 6.07) is 0. The van der Waals surface area contributed by atoms with Gasteiger partial charge in [0.15, 0.2) is 5.78 Å². The molecule has 0 bridgehead atoms. The molecule has 0 aromatic heterocycles. The van der Waals surface area contributed by atoms with Crippen molar-refractivity contribution in [2.75, 3.05) is 0 Å². The number of hydrogen-bond donors (Lipinski definition) is 1. The van der Waals surface area contributed by atoms with E-state index in [1.54, 1.807) is 0 Å². The molecule has 0 atom stereocenters. The van der Waals surface area contributed by atoms with Crippen LogP contribution in [-0.4, -0.2) is 12.0 Å². The first-order valence-electron chi connectivity index (χ1n) is 1.95. The van der Waals surface area contributed by atoms with E-state index in [0.717, 1.165) is 6.21 Å². The van der Waals surface area contributed by atoms with Crippen LogP contribution in [0.5, 0.6) is 0 Å². The second-order valence-corrected chi connectivity index (χ2v) is 1.10. The average Bonchev–Trinajstić information content (AvgIpc) is 1.68. The third-order valence-corrected chi connectivity index (χ3v) is 0.507. The van der Waals surface area contributed by atoms with Gasteiger partial charge in [-0.3, -0.25) is 4.79 Å². The third-order valence-electron chi connectivity index (χ3n) is 0.507. The van der Waals surface area contributed by atoms with Gasteiger partial charge in [-0.15, -0.1) is 6.58 Å². The Hall–Kier alpha value is -0.920. The van der Waals surface area contributed by atoms with Gasteiger partial charge in [-0.2, -0.15) is 0 Å². The molecule has 7 heavy (non-hydrogen) atoms. The van der Waals surface area contributed by atoms with Gasteiger partial charge in [-0.25, -0.2) is 0 Å². The Balaban J connectivity index is 3.36. The van der Waals surface area contributed by atoms with Gasteiger partial charge in [0.25, 0.3) is 0 Å². The van der Waals surface area contributed by atoms with E-state index in [2.05, 4.69) is 6.58 Å². The summed E-state index contributed by atoms with van der Waals surface area (Å²) >= 11 is 0. The topological polar surface area (TPSA) is 40.9 Å². The number of hydrogen-bond acceptors (Lipinski definition) is 2. The van der Waals surface area contributed by atoms with Crippen molar-refractivity contribution in [1.82, 2.24) is 0 Å². The number of carbonyl (C=O) groups is 1. The fourth-order valence-electron chi connectivity index (χ4n) is 0.201. The Kier molecular flexibility index (Phi) is 2.85. The maximum absolute atomic E-state index is 10.1. The van der Waals surface area contributed by atoms with Gasteiger partial charge in [0.1, 0.15) is 0 Å². The van der Waals surface area contributed by atoms with Crippen LogP contribution < -0.4 is 0 Å². The first-order chi connectivity index (χ1) is 3.31. The van der Waals surface area contributed by atoms with E-state index in [9.17, 15) is 4.79 Å². The van der Waals surface area contributed by atoms with Gasteiger partial charge in [0, 0.05) is 6.42 Å². The van der Waals surface area contributed by atoms with Gasteiger partial charge in [0.2, 0.25) is 0 Å². The Morgan fingerprint density at radius 2 is 2.43 bits per heavy atom. The van der Waals surface area contributed by atoms with E-state index in [-0.39, 0.29) is 12.2 Å². The van der Waals surface area contributed by atoms with Gasteiger partial charge in [-0.1, -0.05) is 6.08 Å². The van der Waals surface area contributed by atoms with Crippen molar-refractivity contribution in [3.8, 4) is 0 Å². The molecule has 38 valence electrons. The lowest BCUT2D eigenvalue weighted by atomic mass is 10.3. The van der Waals surface area contributed by atoms with Gasteiger partial charge < -0.3 is 5.41 Å². The fraction of sp³-hybridized carbons (Fsp3) is 0.200. The molecule has 2 nitrogen and oxygen atoms in total. The molecule has 0 rings (SSSR count). The van der Waals surface area contributed by atoms with E-state index in [1.165, 1.54) is 6.08 Å². The largest absolute Gasteiger partial charge is 0.305 e. The Labute approximate surface area is 42.4 Å². The highest BCUT2D eigenvalue weighted by Crippen LogP contribution is 1.76. The monoisotopic (exact) mass is 97.1 g/mol. The van der Waals surface area contributed by atoms with Crippen LogP contribution in [0.3, 0.4) is 0 Å². The van der Waals surface area contributed by atoms with Crippen molar-refractivity contribution >= 4 is 12.0 Å². The molecule has 0 spiro atoms. The standard InChI is InChI=1S/C5H7NO/c1-2-3-5(7)4-6/h2,4,6H,1,3H2. The van der Waals surface area contributed by atoms with Crippen molar-refractivity contribution in [3.05, 3.63) is 12.7 Å². The van der Waals surface area contributed by atoms with Crippen LogP contribution in [0, 0.1) is 5.41 Å². The lowest BCUT2D eigenvalue weighted by Crippen LogP contribution is -1.93. The number of rotatable bonds is 3. The Bertz CT molecular complexity index is 96.3. The smallest absolute Gasteiger partial charge is 0.176 e. The molecule has 0 amide bonds. The van der Waals surface area contributed by atoms with Crippen LogP contribution >= 0.6 is 0 Å². The summed E-state index contributed by atoms with van der Waals surface area (Å²) in [7, 11) is 0. The van der Waals surface area contributed by atoms with E-state index in [4.69, 9.17) is 5.41 Å². The molecule has 0 aromatic carbocycles. The molecule has 0 aliphatic rings. The van der Waals surface area contributed by atoms with Crippen LogP contribution in [-0.2, 0) is 4.79 Å². The maximum Gasteiger partial charge on any atom is 0.176 e. The highest BCUT2D eigenvalue weighted by molar-refractivity contribution is 6.26.